The van der Waals surface area contributed by atoms with Crippen LogP contribution in [0.4, 0.5) is 4.79 Å². The molecule has 2 amide bonds. The summed E-state index contributed by atoms with van der Waals surface area (Å²) < 4.78 is 5.84. The van der Waals surface area contributed by atoms with Crippen LogP contribution in [0.1, 0.15) is 19.8 Å². The van der Waals surface area contributed by atoms with Gasteiger partial charge < -0.3 is 15.0 Å². The van der Waals surface area contributed by atoms with Crippen LogP contribution in [0, 0.1) is 0 Å². The van der Waals surface area contributed by atoms with Crippen molar-refractivity contribution in [1.82, 2.24) is 15.2 Å². The molecule has 2 heterocycles. The van der Waals surface area contributed by atoms with Crippen molar-refractivity contribution in [2.24, 2.45) is 0 Å². The third-order valence-corrected chi connectivity index (χ3v) is 3.01. The van der Waals surface area contributed by atoms with Gasteiger partial charge in [0.2, 0.25) is 0 Å². The number of piperidine rings is 1. The number of carbonyl (C=O) groups excluding carboxylic acids is 1. The molecule has 0 atom stereocenters. The second kappa shape index (κ2) is 6.23. The number of pyridine rings is 1. The van der Waals surface area contributed by atoms with Crippen LogP contribution in [0.3, 0.4) is 0 Å². The van der Waals surface area contributed by atoms with Crippen molar-refractivity contribution in [2.45, 2.75) is 25.9 Å². The van der Waals surface area contributed by atoms with Crippen LogP contribution in [-0.2, 0) is 0 Å². The predicted octanol–water partition coefficient (Wildman–Crippen LogP) is 1.65. The average molecular weight is 249 g/mol. The largest absolute Gasteiger partial charge is 0.490 e. The minimum atomic E-state index is 0.0276. The molecule has 5 nitrogen and oxygen atoms in total. The molecule has 1 aliphatic heterocycles. The Labute approximate surface area is 107 Å². The molecule has 5 heteroatoms. The summed E-state index contributed by atoms with van der Waals surface area (Å²) in [4.78, 5) is 17.4. The molecule has 0 unspecified atom stereocenters. The van der Waals surface area contributed by atoms with Crippen molar-refractivity contribution in [2.75, 3.05) is 19.6 Å². The third kappa shape index (κ3) is 3.35. The van der Waals surface area contributed by atoms with E-state index >= 15 is 0 Å². The fourth-order valence-electron chi connectivity index (χ4n) is 2.05. The summed E-state index contributed by atoms with van der Waals surface area (Å²) >= 11 is 0. The Balaban J connectivity index is 1.78. The second-order valence-electron chi connectivity index (χ2n) is 4.32. The van der Waals surface area contributed by atoms with Crippen LogP contribution < -0.4 is 10.1 Å². The van der Waals surface area contributed by atoms with E-state index in [4.69, 9.17) is 4.74 Å². The van der Waals surface area contributed by atoms with Crippen LogP contribution in [0.2, 0.25) is 0 Å². The molecular formula is C13H19N3O2. The first kappa shape index (κ1) is 12.7. The summed E-state index contributed by atoms with van der Waals surface area (Å²) in [6.45, 7) is 4.10. The molecule has 1 aliphatic rings. The highest BCUT2D eigenvalue weighted by atomic mass is 16.5. The van der Waals surface area contributed by atoms with E-state index in [1.165, 1.54) is 0 Å². The number of urea groups is 1. The monoisotopic (exact) mass is 249 g/mol. The first-order chi connectivity index (χ1) is 8.79. The van der Waals surface area contributed by atoms with Crippen LogP contribution in [0.25, 0.3) is 0 Å². The fraction of sp³-hybridized carbons (Fsp3) is 0.538. The van der Waals surface area contributed by atoms with Crippen molar-refractivity contribution in [3.8, 4) is 5.75 Å². The second-order valence-corrected chi connectivity index (χ2v) is 4.32. The van der Waals surface area contributed by atoms with Crippen molar-refractivity contribution in [1.29, 1.82) is 0 Å². The van der Waals surface area contributed by atoms with E-state index in [0.717, 1.165) is 31.7 Å². The number of rotatable bonds is 3. The molecule has 1 aromatic heterocycles. The van der Waals surface area contributed by atoms with Crippen LogP contribution in [0.5, 0.6) is 5.75 Å². The first-order valence-corrected chi connectivity index (χ1v) is 6.39. The van der Waals surface area contributed by atoms with Gasteiger partial charge in [-0.3, -0.25) is 4.98 Å². The van der Waals surface area contributed by atoms with Gasteiger partial charge in [0.15, 0.2) is 0 Å². The standard InChI is InChI=1S/C13H19N3O2/c1-2-15-13(17)16-9-5-12(6-10-16)18-11-3-7-14-8-4-11/h3-4,7-8,12H,2,5-6,9-10H2,1H3,(H,15,17). The molecule has 1 fully saturated rings. The molecule has 0 spiro atoms. The van der Waals surface area contributed by atoms with Crippen molar-refractivity contribution < 1.29 is 9.53 Å². The normalized spacial score (nSPS) is 16.4. The molecule has 0 saturated carbocycles. The van der Waals surface area contributed by atoms with Crippen molar-refractivity contribution >= 4 is 6.03 Å². The summed E-state index contributed by atoms with van der Waals surface area (Å²) in [5.41, 5.74) is 0. The number of amides is 2. The number of aromatic nitrogens is 1. The molecular weight excluding hydrogens is 230 g/mol. The Kier molecular flexibility index (Phi) is 4.39. The Morgan fingerprint density at radius 1 is 1.44 bits per heavy atom. The van der Waals surface area contributed by atoms with Gasteiger partial charge in [0, 0.05) is 44.9 Å². The topological polar surface area (TPSA) is 54.5 Å². The third-order valence-electron chi connectivity index (χ3n) is 3.01. The number of hydrogen-bond donors (Lipinski definition) is 1. The van der Waals surface area contributed by atoms with Gasteiger partial charge in [-0.1, -0.05) is 0 Å². The maximum absolute atomic E-state index is 11.6. The Bertz CT molecular complexity index is 375. The lowest BCUT2D eigenvalue weighted by atomic mass is 10.1. The molecule has 98 valence electrons. The molecule has 2 rings (SSSR count). The average Bonchev–Trinajstić information content (AvgIpc) is 2.41. The number of ether oxygens (including phenoxy) is 1. The Morgan fingerprint density at radius 2 is 2.11 bits per heavy atom. The summed E-state index contributed by atoms with van der Waals surface area (Å²) in [6, 6.07) is 3.74. The quantitative estimate of drug-likeness (QED) is 0.886. The molecule has 18 heavy (non-hydrogen) atoms. The number of hydrogen-bond acceptors (Lipinski definition) is 3. The number of nitrogens with one attached hydrogen (secondary N) is 1. The minimum Gasteiger partial charge on any atom is -0.490 e. The van der Waals surface area contributed by atoms with E-state index in [-0.39, 0.29) is 12.1 Å². The molecule has 0 radical (unpaired) electrons. The summed E-state index contributed by atoms with van der Waals surface area (Å²) in [6.07, 6.45) is 5.38. The van der Waals surface area contributed by atoms with Crippen LogP contribution in [-0.4, -0.2) is 41.7 Å². The number of carbonyl (C=O) groups is 1. The lowest BCUT2D eigenvalue weighted by Gasteiger charge is -2.32. The fourth-order valence-corrected chi connectivity index (χ4v) is 2.05. The van der Waals surface area contributed by atoms with Gasteiger partial charge in [0.1, 0.15) is 11.9 Å². The first-order valence-electron chi connectivity index (χ1n) is 6.39. The zero-order chi connectivity index (χ0) is 12.8. The highest BCUT2D eigenvalue weighted by Gasteiger charge is 2.23. The molecule has 0 bridgehead atoms. The van der Waals surface area contributed by atoms with Gasteiger partial charge in [-0.05, 0) is 19.1 Å². The van der Waals surface area contributed by atoms with Gasteiger partial charge in [-0.2, -0.15) is 0 Å². The van der Waals surface area contributed by atoms with Crippen LogP contribution >= 0.6 is 0 Å². The number of nitrogens with zero attached hydrogens (tertiary/aromatic N) is 2. The van der Waals surface area contributed by atoms with Gasteiger partial charge >= 0.3 is 6.03 Å². The molecule has 0 aromatic carbocycles. The highest BCUT2D eigenvalue weighted by Crippen LogP contribution is 2.17. The number of likely N-dealkylation sites (tertiary alicyclic amines) is 1. The maximum atomic E-state index is 11.6. The van der Waals surface area contributed by atoms with Crippen molar-refractivity contribution in [3.05, 3.63) is 24.5 Å². The van der Waals surface area contributed by atoms with E-state index in [2.05, 4.69) is 10.3 Å². The van der Waals surface area contributed by atoms with Crippen LogP contribution in [0.15, 0.2) is 24.5 Å². The molecule has 1 aromatic rings. The van der Waals surface area contributed by atoms with E-state index in [0.29, 0.717) is 6.54 Å². The zero-order valence-corrected chi connectivity index (χ0v) is 10.6. The predicted molar refractivity (Wildman–Crippen MR) is 68.5 cm³/mol. The van der Waals surface area contributed by atoms with Crippen molar-refractivity contribution in [3.63, 3.8) is 0 Å². The van der Waals surface area contributed by atoms with Gasteiger partial charge in [-0.15, -0.1) is 0 Å². The molecule has 1 saturated heterocycles. The van der Waals surface area contributed by atoms with E-state index in [1.807, 2.05) is 24.0 Å². The highest BCUT2D eigenvalue weighted by molar-refractivity contribution is 5.74. The SMILES string of the molecule is CCNC(=O)N1CCC(Oc2ccncc2)CC1. The van der Waals surface area contributed by atoms with Gasteiger partial charge in [0.25, 0.3) is 0 Å². The summed E-state index contributed by atoms with van der Waals surface area (Å²) in [5.74, 6) is 0.849. The van der Waals surface area contributed by atoms with E-state index in [9.17, 15) is 4.79 Å². The van der Waals surface area contributed by atoms with Gasteiger partial charge in [0.05, 0.1) is 0 Å². The maximum Gasteiger partial charge on any atom is 0.317 e. The van der Waals surface area contributed by atoms with E-state index in [1.54, 1.807) is 12.4 Å². The molecule has 1 N–H and O–H groups in total. The summed E-state index contributed by atoms with van der Waals surface area (Å²) in [7, 11) is 0. The minimum absolute atomic E-state index is 0.0276. The molecule has 0 aliphatic carbocycles. The smallest absolute Gasteiger partial charge is 0.317 e. The zero-order valence-electron chi connectivity index (χ0n) is 10.6. The van der Waals surface area contributed by atoms with Gasteiger partial charge in [-0.25, -0.2) is 4.79 Å². The Hall–Kier alpha value is -1.78. The summed E-state index contributed by atoms with van der Waals surface area (Å²) in [5, 5.41) is 2.82. The van der Waals surface area contributed by atoms with E-state index < -0.39 is 0 Å². The lowest BCUT2D eigenvalue weighted by molar-refractivity contribution is 0.111. The Morgan fingerprint density at radius 3 is 2.72 bits per heavy atom. The lowest BCUT2D eigenvalue weighted by Crippen LogP contribution is -2.46.